The summed E-state index contributed by atoms with van der Waals surface area (Å²) >= 11 is 0. The average Bonchev–Trinajstić information content (AvgIpc) is 3.46. The molecular weight excluding hydrogens is 597 g/mol. The molecule has 4 aromatic rings. The van der Waals surface area contributed by atoms with E-state index in [1.54, 1.807) is 11.8 Å². The van der Waals surface area contributed by atoms with Gasteiger partial charge in [0.25, 0.3) is 0 Å². The van der Waals surface area contributed by atoms with Gasteiger partial charge in [-0.3, -0.25) is 9.88 Å². The third kappa shape index (κ3) is 4.70. The average molecular weight is 629 g/mol. The molecule has 10 nitrogen and oxygen atoms in total. The number of rotatable bonds is 7. The van der Waals surface area contributed by atoms with Crippen LogP contribution in [0.1, 0.15) is 31.7 Å². The van der Waals surface area contributed by atoms with Crippen LogP contribution in [0.2, 0.25) is 0 Å². The van der Waals surface area contributed by atoms with Gasteiger partial charge in [0.1, 0.15) is 46.6 Å². The maximum Gasteiger partial charge on any atom is 0.319 e. The molecule has 0 saturated carbocycles. The monoisotopic (exact) mass is 628 g/mol. The number of pyridine rings is 1. The van der Waals surface area contributed by atoms with Gasteiger partial charge < -0.3 is 14.7 Å². The Kier molecular flexibility index (Phi) is 6.86. The van der Waals surface area contributed by atoms with Crippen molar-refractivity contribution < 1.29 is 31.4 Å². The van der Waals surface area contributed by atoms with Crippen LogP contribution < -0.4 is 14.8 Å². The Balaban J connectivity index is 1.36. The van der Waals surface area contributed by atoms with E-state index in [1.807, 2.05) is 0 Å². The van der Waals surface area contributed by atoms with Crippen molar-refractivity contribution in [2.75, 3.05) is 37.7 Å². The van der Waals surface area contributed by atoms with Gasteiger partial charge in [-0.05, 0) is 60.3 Å². The van der Waals surface area contributed by atoms with Crippen LogP contribution in [-0.4, -0.2) is 83.1 Å². The number of fused-ring (bicyclic) bond motifs is 3. The third-order valence-electron chi connectivity index (χ3n) is 9.25. The fourth-order valence-corrected chi connectivity index (χ4v) is 7.79. The standard InChI is InChI=1S/C30H31F3N6O4S/c1-2-20-23(32)5-4-16-8-18(40)9-21(24(16)20)26-25(33)27-22(11-35-26)28(38-13-19(14-38)44(34,41)42)37-29(36-27)43-15-30-6-3-7-39(30)12-17(31)10-30/h4-5,8-9,11,17,19,40H,2-3,6-7,10,12-15H2,1H3,(H2,34,41,42)/t17-,30+/m1/s1. The number of benzene rings is 2. The number of phenols is 1. The minimum Gasteiger partial charge on any atom is -0.508 e. The Hall–Kier alpha value is -3.75. The van der Waals surface area contributed by atoms with Gasteiger partial charge in [-0.1, -0.05) is 13.0 Å². The van der Waals surface area contributed by atoms with Crippen molar-refractivity contribution >= 4 is 37.5 Å². The number of aromatic nitrogens is 3. The van der Waals surface area contributed by atoms with E-state index in [0.717, 1.165) is 19.4 Å². The van der Waals surface area contributed by atoms with Crippen molar-refractivity contribution in [2.24, 2.45) is 5.14 Å². The van der Waals surface area contributed by atoms with Crippen molar-refractivity contribution in [3.8, 4) is 23.0 Å². The number of primary sulfonamides is 1. The van der Waals surface area contributed by atoms with E-state index in [4.69, 9.17) is 9.88 Å². The van der Waals surface area contributed by atoms with Gasteiger partial charge in [-0.25, -0.2) is 26.7 Å². The summed E-state index contributed by atoms with van der Waals surface area (Å²) in [6.45, 7) is 3.05. The zero-order valence-corrected chi connectivity index (χ0v) is 24.7. The minimum atomic E-state index is -3.80. The quantitative estimate of drug-likeness (QED) is 0.313. The Morgan fingerprint density at radius 2 is 1.98 bits per heavy atom. The van der Waals surface area contributed by atoms with Crippen molar-refractivity contribution in [3.63, 3.8) is 0 Å². The maximum atomic E-state index is 16.6. The Morgan fingerprint density at radius 1 is 1.18 bits per heavy atom. The first-order valence-corrected chi connectivity index (χ1v) is 16.2. The van der Waals surface area contributed by atoms with Crippen LogP contribution in [0.3, 0.4) is 0 Å². The Labute approximate surface area is 251 Å². The lowest BCUT2D eigenvalue weighted by Crippen LogP contribution is -2.57. The lowest BCUT2D eigenvalue weighted by atomic mass is 9.94. The number of nitrogens with zero attached hydrogens (tertiary/aromatic N) is 5. The maximum absolute atomic E-state index is 16.6. The van der Waals surface area contributed by atoms with E-state index in [9.17, 15) is 22.3 Å². The highest BCUT2D eigenvalue weighted by Gasteiger charge is 2.49. The summed E-state index contributed by atoms with van der Waals surface area (Å²) in [5.74, 6) is -1.23. The largest absolute Gasteiger partial charge is 0.508 e. The fraction of sp³-hybridized carbons (Fsp3) is 0.433. The molecule has 3 saturated heterocycles. The van der Waals surface area contributed by atoms with Gasteiger partial charge in [0.05, 0.1) is 10.9 Å². The van der Waals surface area contributed by atoms with Crippen molar-refractivity contribution in [1.82, 2.24) is 19.9 Å². The third-order valence-corrected chi connectivity index (χ3v) is 10.5. The summed E-state index contributed by atoms with van der Waals surface area (Å²) < 4.78 is 75.7. The minimum absolute atomic E-state index is 0.0331. The predicted octanol–water partition coefficient (Wildman–Crippen LogP) is 3.82. The number of hydrogen-bond donors (Lipinski definition) is 2. The van der Waals surface area contributed by atoms with Crippen LogP contribution in [0.15, 0.2) is 30.5 Å². The highest BCUT2D eigenvalue weighted by molar-refractivity contribution is 7.89. The van der Waals surface area contributed by atoms with Gasteiger partial charge in [-0.2, -0.15) is 9.97 Å². The van der Waals surface area contributed by atoms with Crippen LogP contribution in [0.4, 0.5) is 19.0 Å². The number of sulfonamides is 1. The smallest absolute Gasteiger partial charge is 0.319 e. The number of aryl methyl sites for hydroxylation is 1. The number of hydrogen-bond acceptors (Lipinski definition) is 9. The van der Waals surface area contributed by atoms with Crippen molar-refractivity contribution in [2.45, 2.75) is 49.6 Å². The van der Waals surface area contributed by atoms with Gasteiger partial charge in [0, 0.05) is 37.8 Å². The second kappa shape index (κ2) is 10.4. The molecule has 5 heterocycles. The normalized spacial score (nSPS) is 22.6. The first-order valence-electron chi connectivity index (χ1n) is 14.6. The zero-order chi connectivity index (χ0) is 31.0. The molecule has 0 amide bonds. The number of anilines is 1. The molecule has 3 aliphatic rings. The topological polar surface area (TPSA) is 135 Å². The molecule has 0 radical (unpaired) electrons. The Bertz CT molecular complexity index is 1920. The van der Waals surface area contributed by atoms with Gasteiger partial charge in [0.15, 0.2) is 5.82 Å². The molecular formula is C30H31F3N6O4S. The molecule has 3 N–H and O–H groups in total. The Morgan fingerprint density at radius 3 is 2.73 bits per heavy atom. The van der Waals surface area contributed by atoms with E-state index in [0.29, 0.717) is 35.7 Å². The van der Waals surface area contributed by atoms with E-state index in [2.05, 4.69) is 19.9 Å². The second-order valence-electron chi connectivity index (χ2n) is 12.0. The lowest BCUT2D eigenvalue weighted by molar-refractivity contribution is 0.107. The van der Waals surface area contributed by atoms with Crippen LogP contribution in [0.25, 0.3) is 32.9 Å². The SMILES string of the molecule is CCc1c(F)ccc2cc(O)cc(-c3ncc4c(N5CC(S(N)(=O)=O)C5)nc(OC[C@@]56CCCN5C[C@H](F)C6)nc4c3F)c12. The number of alkyl halides is 1. The first-order chi connectivity index (χ1) is 21.0. The van der Waals surface area contributed by atoms with E-state index < -0.39 is 38.6 Å². The molecule has 232 valence electrons. The van der Waals surface area contributed by atoms with Crippen molar-refractivity contribution in [3.05, 3.63) is 47.7 Å². The summed E-state index contributed by atoms with van der Waals surface area (Å²) in [6, 6.07) is 5.49. The molecule has 3 aliphatic heterocycles. The van der Waals surface area contributed by atoms with Gasteiger partial charge >= 0.3 is 6.01 Å². The molecule has 44 heavy (non-hydrogen) atoms. The van der Waals surface area contributed by atoms with Gasteiger partial charge in [0.2, 0.25) is 10.0 Å². The van der Waals surface area contributed by atoms with Crippen molar-refractivity contribution in [1.29, 1.82) is 0 Å². The number of ether oxygens (including phenoxy) is 1. The van der Waals surface area contributed by atoms with Gasteiger partial charge in [-0.15, -0.1) is 0 Å². The first kappa shape index (κ1) is 29.0. The van der Waals surface area contributed by atoms with Crippen LogP contribution in [0.5, 0.6) is 11.8 Å². The van der Waals surface area contributed by atoms with E-state index >= 15 is 4.39 Å². The summed E-state index contributed by atoms with van der Waals surface area (Å²) in [4.78, 5) is 17.0. The molecule has 2 aromatic heterocycles. The van der Waals surface area contributed by atoms with Crippen LogP contribution in [0, 0.1) is 11.6 Å². The molecule has 3 fully saturated rings. The predicted molar refractivity (Wildman–Crippen MR) is 159 cm³/mol. The molecule has 0 spiro atoms. The second-order valence-corrected chi connectivity index (χ2v) is 13.8. The molecule has 0 aliphatic carbocycles. The molecule has 2 atom stereocenters. The summed E-state index contributed by atoms with van der Waals surface area (Å²) in [6.07, 6.45) is 2.70. The molecule has 7 rings (SSSR count). The number of nitrogens with two attached hydrogens (primary N) is 1. The fourth-order valence-electron chi connectivity index (χ4n) is 7.01. The highest BCUT2D eigenvalue weighted by atomic mass is 32.2. The number of phenolic OH excluding ortho intramolecular Hbond substituents is 1. The van der Waals surface area contributed by atoms with Crippen LogP contribution >= 0.6 is 0 Å². The number of halogens is 3. The van der Waals surface area contributed by atoms with E-state index in [1.165, 1.54) is 30.5 Å². The number of aromatic hydroxyl groups is 1. The van der Waals surface area contributed by atoms with E-state index in [-0.39, 0.29) is 59.4 Å². The highest BCUT2D eigenvalue weighted by Crippen LogP contribution is 2.42. The summed E-state index contributed by atoms with van der Waals surface area (Å²) in [7, 11) is -3.80. The summed E-state index contributed by atoms with van der Waals surface area (Å²) in [5, 5.41) is 16.1. The molecule has 0 bridgehead atoms. The lowest BCUT2D eigenvalue weighted by Gasteiger charge is -2.39. The van der Waals surface area contributed by atoms with Crippen LogP contribution in [-0.2, 0) is 16.4 Å². The molecule has 2 aromatic carbocycles. The molecule has 0 unspecified atom stereocenters. The summed E-state index contributed by atoms with van der Waals surface area (Å²) in [5.41, 5.74) is -0.260. The molecule has 14 heteroatoms. The zero-order valence-electron chi connectivity index (χ0n) is 23.9.